The molecule has 0 amide bonds. The van der Waals surface area contributed by atoms with E-state index in [1.165, 1.54) is 6.33 Å². The average molecular weight is 529 g/mol. The van der Waals surface area contributed by atoms with Crippen molar-refractivity contribution in [3.63, 3.8) is 0 Å². The van der Waals surface area contributed by atoms with Crippen LogP contribution in [0.4, 0.5) is 24.7 Å². The molecule has 12 heteroatoms. The van der Waals surface area contributed by atoms with Crippen LogP contribution in [0, 0.1) is 5.92 Å². The van der Waals surface area contributed by atoms with Crippen LogP contribution in [0.25, 0.3) is 11.0 Å². The van der Waals surface area contributed by atoms with Gasteiger partial charge in [-0.3, -0.25) is 4.90 Å². The molecule has 3 aromatic rings. The van der Waals surface area contributed by atoms with E-state index in [1.807, 2.05) is 11.0 Å². The van der Waals surface area contributed by atoms with Crippen molar-refractivity contribution in [3.05, 3.63) is 46.8 Å². The molecule has 7 nitrogen and oxygen atoms in total. The van der Waals surface area contributed by atoms with E-state index in [4.69, 9.17) is 23.2 Å². The summed E-state index contributed by atoms with van der Waals surface area (Å²) in [5.74, 6) is -0.965. The highest BCUT2D eigenvalue weighted by molar-refractivity contribution is 6.35. The summed E-state index contributed by atoms with van der Waals surface area (Å²) >= 11 is 12.2. The number of aromatic nitrogens is 3. The SMILES string of the molecule is OC1C(Nc2cc(Cl)cc(Cl)c2)CCCN1[C@H]1CN(c2ncnc3[nH]ccc23)CC[C@@H]1C(F)(F)F. The smallest absolute Gasteiger partial charge is 0.378 e. The van der Waals surface area contributed by atoms with Crippen molar-refractivity contribution in [2.75, 3.05) is 29.9 Å². The Kier molecular flexibility index (Phi) is 6.73. The molecule has 1 aromatic carbocycles. The number of aliphatic hydroxyl groups excluding tert-OH is 1. The average Bonchev–Trinajstić information content (AvgIpc) is 3.28. The van der Waals surface area contributed by atoms with Crippen molar-refractivity contribution in [2.24, 2.45) is 5.92 Å². The number of rotatable bonds is 4. The van der Waals surface area contributed by atoms with Gasteiger partial charge in [-0.15, -0.1) is 0 Å². The molecule has 2 aliphatic heterocycles. The molecular formula is C23H25Cl2F3N6O. The highest BCUT2D eigenvalue weighted by atomic mass is 35.5. The van der Waals surface area contributed by atoms with Crippen LogP contribution in [0.5, 0.6) is 0 Å². The third-order valence-corrected chi connectivity index (χ3v) is 7.34. The topological polar surface area (TPSA) is 80.3 Å². The number of aliphatic hydroxyl groups is 1. The third-order valence-electron chi connectivity index (χ3n) is 6.91. The number of fused-ring (bicyclic) bond motifs is 1. The zero-order chi connectivity index (χ0) is 24.7. The lowest BCUT2D eigenvalue weighted by Gasteiger charge is -2.49. The number of nitrogens with zero attached hydrogens (tertiary/aromatic N) is 4. The Labute approximate surface area is 210 Å². The number of hydrogen-bond acceptors (Lipinski definition) is 6. The van der Waals surface area contributed by atoms with Crippen molar-refractivity contribution >= 4 is 45.7 Å². The van der Waals surface area contributed by atoms with E-state index in [-0.39, 0.29) is 19.5 Å². The minimum atomic E-state index is -4.38. The first kappa shape index (κ1) is 24.4. The molecule has 2 aliphatic rings. The first-order chi connectivity index (χ1) is 16.7. The van der Waals surface area contributed by atoms with Gasteiger partial charge in [0.25, 0.3) is 0 Å². The number of anilines is 2. The molecule has 35 heavy (non-hydrogen) atoms. The molecule has 3 N–H and O–H groups in total. The van der Waals surface area contributed by atoms with Gasteiger partial charge in [-0.2, -0.15) is 13.2 Å². The summed E-state index contributed by atoms with van der Waals surface area (Å²) in [5, 5.41) is 16.1. The fraction of sp³-hybridized carbons (Fsp3) is 0.478. The van der Waals surface area contributed by atoms with E-state index < -0.39 is 30.4 Å². The number of H-pyrrole nitrogens is 1. The standard InChI is InChI=1S/C23H25Cl2F3N6O/c24-13-8-14(25)10-15(9-13)32-18-2-1-6-34(22(18)35)19-11-33(7-4-17(19)23(26,27)28)21-16-3-5-29-20(16)30-12-31-21/h3,5,8-10,12,17-19,22,32,35H,1-2,4,6-7,11H2,(H,29,30,31)/t17-,18?,19-,22?/m0/s1. The third kappa shape index (κ3) is 5.02. The summed E-state index contributed by atoms with van der Waals surface area (Å²) < 4.78 is 42.4. The van der Waals surface area contributed by atoms with Gasteiger partial charge in [0.05, 0.1) is 17.3 Å². The number of aromatic amines is 1. The fourth-order valence-electron chi connectivity index (χ4n) is 5.32. The Morgan fingerprint density at radius 3 is 2.60 bits per heavy atom. The van der Waals surface area contributed by atoms with Crippen molar-refractivity contribution in [1.29, 1.82) is 0 Å². The van der Waals surface area contributed by atoms with E-state index in [0.717, 1.165) is 5.39 Å². The number of halogens is 5. The molecular weight excluding hydrogens is 504 g/mol. The Morgan fingerprint density at radius 2 is 1.86 bits per heavy atom. The van der Waals surface area contributed by atoms with Gasteiger partial charge in [0.1, 0.15) is 24.0 Å². The molecule has 2 unspecified atom stereocenters. The van der Waals surface area contributed by atoms with Crippen LogP contribution in [0.3, 0.4) is 0 Å². The van der Waals surface area contributed by atoms with Crippen LogP contribution in [0.15, 0.2) is 36.8 Å². The summed E-state index contributed by atoms with van der Waals surface area (Å²) in [6.45, 7) is 0.670. The van der Waals surface area contributed by atoms with Gasteiger partial charge in [0.2, 0.25) is 0 Å². The van der Waals surface area contributed by atoms with Crippen LogP contribution >= 0.6 is 23.2 Å². The molecule has 2 fully saturated rings. The molecule has 0 spiro atoms. The fourth-order valence-corrected chi connectivity index (χ4v) is 5.84. The molecule has 4 atom stereocenters. The van der Waals surface area contributed by atoms with Crippen LogP contribution < -0.4 is 10.2 Å². The van der Waals surface area contributed by atoms with E-state index in [2.05, 4.69) is 20.3 Å². The number of benzene rings is 1. The maximum absolute atomic E-state index is 14.1. The predicted octanol–water partition coefficient (Wildman–Crippen LogP) is 4.92. The number of piperidine rings is 2. The van der Waals surface area contributed by atoms with Gasteiger partial charge in [-0.05, 0) is 43.5 Å². The first-order valence-corrected chi connectivity index (χ1v) is 12.2. The van der Waals surface area contributed by atoms with Crippen LogP contribution in [0.1, 0.15) is 19.3 Å². The Morgan fingerprint density at radius 1 is 1.09 bits per heavy atom. The monoisotopic (exact) mass is 528 g/mol. The van der Waals surface area contributed by atoms with Crippen molar-refractivity contribution < 1.29 is 18.3 Å². The molecule has 0 radical (unpaired) electrons. The summed E-state index contributed by atoms with van der Waals surface area (Å²) in [4.78, 5) is 15.0. The molecule has 4 heterocycles. The molecule has 0 bridgehead atoms. The molecule has 0 aliphatic carbocycles. The minimum Gasteiger partial charge on any atom is -0.378 e. The summed E-state index contributed by atoms with van der Waals surface area (Å²) in [6.07, 6.45) is -1.21. The lowest BCUT2D eigenvalue weighted by Crippen LogP contribution is -2.63. The van der Waals surface area contributed by atoms with Gasteiger partial charge >= 0.3 is 6.18 Å². The van der Waals surface area contributed by atoms with Gasteiger partial charge in [0.15, 0.2) is 0 Å². The number of alkyl halides is 3. The maximum Gasteiger partial charge on any atom is 0.393 e. The van der Waals surface area contributed by atoms with Crippen molar-refractivity contribution in [3.8, 4) is 0 Å². The number of likely N-dealkylation sites (tertiary alicyclic amines) is 1. The Balaban J connectivity index is 1.41. The molecule has 2 saturated heterocycles. The quantitative estimate of drug-likeness (QED) is 0.446. The lowest BCUT2D eigenvalue weighted by molar-refractivity contribution is -0.207. The number of nitrogens with one attached hydrogen (secondary N) is 2. The van der Waals surface area contributed by atoms with Gasteiger partial charge in [-0.1, -0.05) is 23.2 Å². The molecule has 5 rings (SSSR count). The number of hydrogen-bond donors (Lipinski definition) is 3. The van der Waals surface area contributed by atoms with Gasteiger partial charge in [0, 0.05) is 47.6 Å². The predicted molar refractivity (Wildman–Crippen MR) is 130 cm³/mol. The highest BCUT2D eigenvalue weighted by Gasteiger charge is 2.51. The zero-order valence-corrected chi connectivity index (χ0v) is 20.2. The summed E-state index contributed by atoms with van der Waals surface area (Å²) in [7, 11) is 0. The van der Waals surface area contributed by atoms with Gasteiger partial charge < -0.3 is 20.3 Å². The van der Waals surface area contributed by atoms with Crippen LogP contribution in [-0.2, 0) is 0 Å². The summed E-state index contributed by atoms with van der Waals surface area (Å²) in [5.41, 5.74) is 1.24. The Bertz CT molecular complexity index is 1170. The van der Waals surface area contributed by atoms with E-state index in [1.54, 1.807) is 29.3 Å². The molecule has 2 aromatic heterocycles. The second-order valence-corrected chi connectivity index (χ2v) is 9.96. The van der Waals surface area contributed by atoms with Crippen LogP contribution in [0.2, 0.25) is 10.0 Å². The summed E-state index contributed by atoms with van der Waals surface area (Å²) in [6, 6.07) is 5.36. The highest BCUT2D eigenvalue weighted by Crippen LogP contribution is 2.40. The van der Waals surface area contributed by atoms with E-state index in [0.29, 0.717) is 46.6 Å². The Hall–Kier alpha value is -2.27. The van der Waals surface area contributed by atoms with Crippen molar-refractivity contribution in [2.45, 2.75) is 43.8 Å². The van der Waals surface area contributed by atoms with Gasteiger partial charge in [-0.25, -0.2) is 9.97 Å². The maximum atomic E-state index is 14.1. The van der Waals surface area contributed by atoms with Crippen molar-refractivity contribution in [1.82, 2.24) is 19.9 Å². The lowest BCUT2D eigenvalue weighted by atomic mass is 9.87. The molecule has 0 saturated carbocycles. The second-order valence-electron chi connectivity index (χ2n) is 9.09. The normalized spacial score (nSPS) is 26.3. The zero-order valence-electron chi connectivity index (χ0n) is 18.6. The molecule has 188 valence electrons. The van der Waals surface area contributed by atoms with E-state index in [9.17, 15) is 18.3 Å². The first-order valence-electron chi connectivity index (χ1n) is 11.5. The largest absolute Gasteiger partial charge is 0.393 e. The van der Waals surface area contributed by atoms with E-state index >= 15 is 0 Å². The second kappa shape index (κ2) is 9.65. The van der Waals surface area contributed by atoms with Crippen LogP contribution in [-0.4, -0.2) is 69.1 Å². The minimum absolute atomic E-state index is 0.0880.